The van der Waals surface area contributed by atoms with Crippen LogP contribution < -0.4 is 5.73 Å². The Bertz CT molecular complexity index is 1420. The molecule has 0 spiro atoms. The van der Waals surface area contributed by atoms with Crippen LogP contribution in [0.2, 0.25) is 0 Å². The van der Waals surface area contributed by atoms with Gasteiger partial charge in [-0.1, -0.05) is 48.5 Å². The maximum absolute atomic E-state index is 11.1. The van der Waals surface area contributed by atoms with Gasteiger partial charge in [0.1, 0.15) is 0 Å². The minimum Gasteiger partial charge on any atom is -0.368 e. The first-order valence-electron chi connectivity index (χ1n) is 9.28. The van der Waals surface area contributed by atoms with Crippen molar-refractivity contribution in [3.8, 4) is 22.5 Å². The number of anilines is 1. The molecule has 0 fully saturated rings. The van der Waals surface area contributed by atoms with Gasteiger partial charge in [0.25, 0.3) is 5.69 Å². The van der Waals surface area contributed by atoms with E-state index in [2.05, 4.69) is 9.97 Å². The highest BCUT2D eigenvalue weighted by Crippen LogP contribution is 2.37. The van der Waals surface area contributed by atoms with Gasteiger partial charge in [0, 0.05) is 28.6 Å². The van der Waals surface area contributed by atoms with Crippen LogP contribution in [0.15, 0.2) is 78.9 Å². The SMILES string of the molecule is Nc1nc(-c2ccccc2)c2c(-c3ccc([N+](=O)[O-])cc3)nc3ccccc3c2n1. The molecule has 0 saturated carbocycles. The summed E-state index contributed by atoms with van der Waals surface area (Å²) in [6, 6.07) is 23.7. The lowest BCUT2D eigenvalue weighted by Crippen LogP contribution is -2.01. The van der Waals surface area contributed by atoms with Crippen LogP contribution in [0.5, 0.6) is 0 Å². The molecule has 0 bridgehead atoms. The van der Waals surface area contributed by atoms with Crippen molar-refractivity contribution < 1.29 is 4.92 Å². The number of nitrogens with zero attached hydrogens (tertiary/aromatic N) is 4. The molecule has 30 heavy (non-hydrogen) atoms. The standard InChI is InChI=1S/C23H15N5O2/c24-23-26-21(14-6-2-1-3-7-14)19-20(15-10-12-16(13-11-15)28(29)30)25-18-9-5-4-8-17(18)22(19)27-23/h1-13H,(H2,24,26,27). The van der Waals surface area contributed by atoms with E-state index in [1.807, 2.05) is 54.6 Å². The molecule has 2 heterocycles. The third-order valence-electron chi connectivity index (χ3n) is 4.95. The monoisotopic (exact) mass is 393 g/mol. The Balaban J connectivity index is 1.92. The number of benzene rings is 3. The van der Waals surface area contributed by atoms with E-state index >= 15 is 0 Å². The molecule has 5 rings (SSSR count). The van der Waals surface area contributed by atoms with Crippen LogP contribution in [0.3, 0.4) is 0 Å². The maximum atomic E-state index is 11.1. The van der Waals surface area contributed by atoms with E-state index in [1.165, 1.54) is 12.1 Å². The molecular weight excluding hydrogens is 378 g/mol. The lowest BCUT2D eigenvalue weighted by atomic mass is 9.99. The molecule has 0 radical (unpaired) electrons. The molecule has 7 nitrogen and oxygen atoms in total. The molecular formula is C23H15N5O2. The first-order chi connectivity index (χ1) is 14.6. The highest BCUT2D eigenvalue weighted by Gasteiger charge is 2.18. The second-order valence-electron chi connectivity index (χ2n) is 6.80. The summed E-state index contributed by atoms with van der Waals surface area (Å²) in [5.74, 6) is 0.173. The van der Waals surface area contributed by atoms with Gasteiger partial charge in [-0.15, -0.1) is 0 Å². The number of nitrogen functional groups attached to an aromatic ring is 1. The van der Waals surface area contributed by atoms with Crippen LogP contribution >= 0.6 is 0 Å². The van der Waals surface area contributed by atoms with E-state index in [4.69, 9.17) is 10.7 Å². The van der Waals surface area contributed by atoms with E-state index in [-0.39, 0.29) is 11.6 Å². The molecule has 0 atom stereocenters. The first-order valence-corrected chi connectivity index (χ1v) is 9.28. The number of non-ortho nitro benzene ring substituents is 1. The fourth-order valence-corrected chi connectivity index (χ4v) is 3.60. The quantitative estimate of drug-likeness (QED) is 0.262. The van der Waals surface area contributed by atoms with Gasteiger partial charge in [0.2, 0.25) is 5.95 Å². The van der Waals surface area contributed by atoms with Crippen LogP contribution in [0.1, 0.15) is 0 Å². The largest absolute Gasteiger partial charge is 0.368 e. The summed E-state index contributed by atoms with van der Waals surface area (Å²) in [6.07, 6.45) is 0. The van der Waals surface area contributed by atoms with Crippen molar-refractivity contribution in [3.63, 3.8) is 0 Å². The van der Waals surface area contributed by atoms with Crippen molar-refractivity contribution in [2.75, 3.05) is 5.73 Å². The molecule has 0 saturated heterocycles. The highest BCUT2D eigenvalue weighted by atomic mass is 16.6. The summed E-state index contributed by atoms with van der Waals surface area (Å²) in [4.78, 5) is 24.6. The van der Waals surface area contributed by atoms with Crippen molar-refractivity contribution in [1.29, 1.82) is 0 Å². The zero-order valence-electron chi connectivity index (χ0n) is 15.7. The third-order valence-corrected chi connectivity index (χ3v) is 4.95. The van der Waals surface area contributed by atoms with Crippen LogP contribution in [0.25, 0.3) is 44.3 Å². The summed E-state index contributed by atoms with van der Waals surface area (Å²) in [5.41, 5.74) is 10.5. The number of hydrogen-bond acceptors (Lipinski definition) is 6. The van der Waals surface area contributed by atoms with Crippen molar-refractivity contribution >= 4 is 33.4 Å². The average Bonchev–Trinajstić information content (AvgIpc) is 2.78. The number of para-hydroxylation sites is 1. The van der Waals surface area contributed by atoms with Gasteiger partial charge in [0.05, 0.1) is 32.7 Å². The molecule has 0 aliphatic rings. The molecule has 3 aromatic carbocycles. The molecule has 7 heteroatoms. The number of rotatable bonds is 3. The summed E-state index contributed by atoms with van der Waals surface area (Å²) in [6.45, 7) is 0. The Labute approximate surface area is 171 Å². The second-order valence-corrected chi connectivity index (χ2v) is 6.80. The molecule has 0 amide bonds. The van der Waals surface area contributed by atoms with Gasteiger partial charge >= 0.3 is 0 Å². The lowest BCUT2D eigenvalue weighted by Gasteiger charge is -2.13. The van der Waals surface area contributed by atoms with Crippen LogP contribution in [0.4, 0.5) is 11.6 Å². The first kappa shape index (κ1) is 17.7. The van der Waals surface area contributed by atoms with Crippen LogP contribution in [0, 0.1) is 10.1 Å². The zero-order valence-corrected chi connectivity index (χ0v) is 15.7. The number of fused-ring (bicyclic) bond motifs is 3. The van der Waals surface area contributed by atoms with Gasteiger partial charge in [-0.3, -0.25) is 10.1 Å². The smallest absolute Gasteiger partial charge is 0.269 e. The Morgan fingerprint density at radius 2 is 1.37 bits per heavy atom. The summed E-state index contributed by atoms with van der Waals surface area (Å²) in [5, 5.41) is 12.7. The highest BCUT2D eigenvalue weighted by molar-refractivity contribution is 6.13. The summed E-state index contributed by atoms with van der Waals surface area (Å²) < 4.78 is 0. The normalized spacial score (nSPS) is 11.1. The topological polar surface area (TPSA) is 108 Å². The number of nitro benzene ring substituents is 1. The average molecular weight is 393 g/mol. The van der Waals surface area contributed by atoms with Gasteiger partial charge in [-0.25, -0.2) is 15.0 Å². The second kappa shape index (κ2) is 6.89. The predicted molar refractivity (Wildman–Crippen MR) is 117 cm³/mol. The van der Waals surface area contributed by atoms with Crippen molar-refractivity contribution in [2.45, 2.75) is 0 Å². The minimum atomic E-state index is -0.422. The number of nitrogens with two attached hydrogens (primary N) is 1. The van der Waals surface area contributed by atoms with Gasteiger partial charge in [-0.05, 0) is 18.2 Å². The van der Waals surface area contributed by atoms with Gasteiger partial charge in [0.15, 0.2) is 0 Å². The van der Waals surface area contributed by atoms with E-state index in [0.717, 1.165) is 27.4 Å². The van der Waals surface area contributed by atoms with E-state index < -0.39 is 4.92 Å². The van der Waals surface area contributed by atoms with Crippen LogP contribution in [-0.4, -0.2) is 19.9 Å². The molecule has 2 aromatic heterocycles. The molecule has 2 N–H and O–H groups in total. The Morgan fingerprint density at radius 1 is 0.733 bits per heavy atom. The van der Waals surface area contributed by atoms with E-state index in [9.17, 15) is 10.1 Å². The number of hydrogen-bond donors (Lipinski definition) is 1. The summed E-state index contributed by atoms with van der Waals surface area (Å²) >= 11 is 0. The van der Waals surface area contributed by atoms with Gasteiger partial charge in [-0.2, -0.15) is 0 Å². The molecule has 0 aliphatic carbocycles. The van der Waals surface area contributed by atoms with Crippen LogP contribution in [-0.2, 0) is 0 Å². The summed E-state index contributed by atoms with van der Waals surface area (Å²) in [7, 11) is 0. The minimum absolute atomic E-state index is 0.0209. The van der Waals surface area contributed by atoms with Gasteiger partial charge < -0.3 is 5.73 Å². The maximum Gasteiger partial charge on any atom is 0.269 e. The number of pyridine rings is 1. The number of aromatic nitrogens is 3. The Kier molecular flexibility index (Phi) is 4.07. The zero-order chi connectivity index (χ0) is 20.7. The predicted octanol–water partition coefficient (Wildman–Crippen LogP) is 5.00. The molecule has 5 aromatic rings. The third kappa shape index (κ3) is 2.89. The Hall–Kier alpha value is -4.39. The Morgan fingerprint density at radius 3 is 2.10 bits per heavy atom. The van der Waals surface area contributed by atoms with Crippen molar-refractivity contribution in [2.24, 2.45) is 0 Å². The molecule has 0 aliphatic heterocycles. The lowest BCUT2D eigenvalue weighted by molar-refractivity contribution is -0.384. The fraction of sp³-hybridized carbons (Fsp3) is 0. The molecule has 144 valence electrons. The van der Waals surface area contributed by atoms with Crippen molar-refractivity contribution in [1.82, 2.24) is 15.0 Å². The van der Waals surface area contributed by atoms with E-state index in [0.29, 0.717) is 16.9 Å². The molecule has 0 unspecified atom stereocenters. The van der Waals surface area contributed by atoms with Crippen molar-refractivity contribution in [3.05, 3.63) is 89.0 Å². The fourth-order valence-electron chi connectivity index (χ4n) is 3.60. The number of nitro groups is 1. The van der Waals surface area contributed by atoms with E-state index in [1.54, 1.807) is 12.1 Å².